The quantitative estimate of drug-likeness (QED) is 0.707. The van der Waals surface area contributed by atoms with Crippen molar-refractivity contribution >= 4 is 34.3 Å². The molecule has 5 nitrogen and oxygen atoms in total. The summed E-state index contributed by atoms with van der Waals surface area (Å²) >= 11 is 1.52. The number of carbonyl (C=O) groups excluding carboxylic acids is 1. The molecule has 0 aliphatic carbocycles. The summed E-state index contributed by atoms with van der Waals surface area (Å²) in [6, 6.07) is 13.2. The van der Waals surface area contributed by atoms with Crippen molar-refractivity contribution in [3.8, 4) is 11.4 Å². The van der Waals surface area contributed by atoms with Crippen LogP contribution in [0, 0.1) is 0 Å². The van der Waals surface area contributed by atoms with Crippen LogP contribution < -0.4 is 10.6 Å². The number of anilines is 3. The number of amides is 1. The van der Waals surface area contributed by atoms with Crippen molar-refractivity contribution in [1.82, 2.24) is 9.97 Å². The van der Waals surface area contributed by atoms with E-state index < -0.39 is 0 Å². The van der Waals surface area contributed by atoms with E-state index in [2.05, 4.69) is 20.6 Å². The van der Waals surface area contributed by atoms with Crippen molar-refractivity contribution in [2.45, 2.75) is 0 Å². The van der Waals surface area contributed by atoms with Crippen molar-refractivity contribution in [2.24, 2.45) is 0 Å². The second-order valence-corrected chi connectivity index (χ2v) is 5.08. The third-order valence-corrected chi connectivity index (χ3v) is 3.55. The summed E-state index contributed by atoms with van der Waals surface area (Å²) in [7, 11) is 0. The lowest BCUT2D eigenvalue weighted by Crippen LogP contribution is -1.94. The van der Waals surface area contributed by atoms with E-state index in [-0.39, 0.29) is 0 Å². The summed E-state index contributed by atoms with van der Waals surface area (Å²) in [5, 5.41) is 8.58. The number of thiazole rings is 1. The molecule has 2 heterocycles. The SMILES string of the molecule is O=CNc1ccc(Nc2nc(-c3ccccn3)cs2)cc1. The Labute approximate surface area is 125 Å². The van der Waals surface area contributed by atoms with Gasteiger partial charge < -0.3 is 10.6 Å². The maximum atomic E-state index is 10.3. The Morgan fingerprint density at radius 1 is 1.00 bits per heavy atom. The minimum absolute atomic E-state index is 0.655. The van der Waals surface area contributed by atoms with Gasteiger partial charge in [0.15, 0.2) is 5.13 Å². The van der Waals surface area contributed by atoms with Crippen LogP contribution in [0.15, 0.2) is 54.0 Å². The fourth-order valence-electron chi connectivity index (χ4n) is 1.80. The molecule has 0 bridgehead atoms. The average molecular weight is 296 g/mol. The third kappa shape index (κ3) is 3.24. The lowest BCUT2D eigenvalue weighted by atomic mass is 10.3. The van der Waals surface area contributed by atoms with Crippen molar-refractivity contribution < 1.29 is 4.79 Å². The number of carbonyl (C=O) groups is 1. The molecule has 0 spiro atoms. The van der Waals surface area contributed by atoms with E-state index in [1.165, 1.54) is 11.3 Å². The smallest absolute Gasteiger partial charge is 0.211 e. The van der Waals surface area contributed by atoms with Crippen LogP contribution in [0.2, 0.25) is 0 Å². The van der Waals surface area contributed by atoms with Crippen LogP contribution in [-0.2, 0) is 4.79 Å². The Bertz CT molecular complexity index is 725. The second kappa shape index (κ2) is 6.15. The number of hydrogen-bond acceptors (Lipinski definition) is 5. The first-order valence-corrected chi connectivity index (χ1v) is 7.17. The number of nitrogens with one attached hydrogen (secondary N) is 2. The van der Waals surface area contributed by atoms with E-state index in [0.29, 0.717) is 6.41 Å². The minimum atomic E-state index is 0.655. The fourth-order valence-corrected chi connectivity index (χ4v) is 2.53. The highest BCUT2D eigenvalue weighted by Gasteiger charge is 2.05. The number of aromatic nitrogens is 2. The summed E-state index contributed by atoms with van der Waals surface area (Å²) < 4.78 is 0. The summed E-state index contributed by atoms with van der Waals surface area (Å²) in [5.74, 6) is 0. The van der Waals surface area contributed by atoms with E-state index in [1.807, 2.05) is 47.8 Å². The van der Waals surface area contributed by atoms with Gasteiger partial charge in [-0.05, 0) is 36.4 Å². The molecule has 0 saturated heterocycles. The van der Waals surface area contributed by atoms with Crippen molar-refractivity contribution in [3.05, 3.63) is 54.0 Å². The topological polar surface area (TPSA) is 66.9 Å². The van der Waals surface area contributed by atoms with E-state index in [1.54, 1.807) is 6.20 Å². The van der Waals surface area contributed by atoms with Gasteiger partial charge in [0.1, 0.15) is 5.69 Å². The molecule has 0 unspecified atom stereocenters. The molecule has 0 radical (unpaired) electrons. The van der Waals surface area contributed by atoms with Crippen molar-refractivity contribution in [1.29, 1.82) is 0 Å². The first-order valence-electron chi connectivity index (χ1n) is 6.29. The van der Waals surface area contributed by atoms with Crippen LogP contribution in [0.4, 0.5) is 16.5 Å². The standard InChI is InChI=1S/C15H12N4OS/c20-10-17-11-4-6-12(7-5-11)18-15-19-14(9-21-15)13-3-1-2-8-16-13/h1-10H,(H,17,20)(H,18,19). The molecule has 0 saturated carbocycles. The van der Waals surface area contributed by atoms with Gasteiger partial charge in [-0.3, -0.25) is 9.78 Å². The largest absolute Gasteiger partial charge is 0.332 e. The molecule has 0 aliphatic heterocycles. The zero-order valence-electron chi connectivity index (χ0n) is 11.0. The van der Waals surface area contributed by atoms with Gasteiger partial charge >= 0.3 is 0 Å². The van der Waals surface area contributed by atoms with Gasteiger partial charge in [-0.25, -0.2) is 4.98 Å². The molecular formula is C15H12N4OS. The number of benzene rings is 1. The fraction of sp³-hybridized carbons (Fsp3) is 0. The molecule has 3 rings (SSSR count). The van der Waals surface area contributed by atoms with E-state index in [4.69, 9.17) is 0 Å². The third-order valence-electron chi connectivity index (χ3n) is 2.79. The molecule has 0 aliphatic rings. The molecule has 104 valence electrons. The molecule has 6 heteroatoms. The van der Waals surface area contributed by atoms with Gasteiger partial charge in [-0.2, -0.15) is 0 Å². The van der Waals surface area contributed by atoms with Gasteiger partial charge in [0.25, 0.3) is 0 Å². The highest BCUT2D eigenvalue weighted by atomic mass is 32.1. The van der Waals surface area contributed by atoms with Gasteiger partial charge in [0.2, 0.25) is 6.41 Å². The Morgan fingerprint density at radius 2 is 1.81 bits per heavy atom. The normalized spacial score (nSPS) is 10.1. The van der Waals surface area contributed by atoms with Crippen LogP contribution in [0.25, 0.3) is 11.4 Å². The molecule has 0 fully saturated rings. The van der Waals surface area contributed by atoms with Crippen LogP contribution >= 0.6 is 11.3 Å². The number of nitrogens with zero attached hydrogens (tertiary/aromatic N) is 2. The van der Waals surface area contributed by atoms with E-state index in [0.717, 1.165) is 27.9 Å². The number of pyridine rings is 1. The first kappa shape index (κ1) is 13.3. The summed E-state index contributed by atoms with van der Waals surface area (Å²) in [4.78, 5) is 19.1. The van der Waals surface area contributed by atoms with Crippen LogP contribution in [0.5, 0.6) is 0 Å². The van der Waals surface area contributed by atoms with Crippen LogP contribution in [-0.4, -0.2) is 16.4 Å². The Kier molecular flexibility index (Phi) is 3.88. The molecule has 2 aromatic heterocycles. The predicted octanol–water partition coefficient (Wildman–Crippen LogP) is 3.52. The zero-order chi connectivity index (χ0) is 14.5. The summed E-state index contributed by atoms with van der Waals surface area (Å²) in [6.45, 7) is 0. The maximum Gasteiger partial charge on any atom is 0.211 e. The van der Waals surface area contributed by atoms with Gasteiger partial charge in [0, 0.05) is 23.0 Å². The average Bonchev–Trinajstić information content (AvgIpc) is 2.99. The molecular weight excluding hydrogens is 284 g/mol. The molecule has 1 amide bonds. The molecule has 21 heavy (non-hydrogen) atoms. The molecule has 2 N–H and O–H groups in total. The monoisotopic (exact) mass is 296 g/mol. The second-order valence-electron chi connectivity index (χ2n) is 4.22. The van der Waals surface area contributed by atoms with Gasteiger partial charge in [0.05, 0.1) is 5.69 Å². The lowest BCUT2D eigenvalue weighted by molar-refractivity contribution is -0.105. The minimum Gasteiger partial charge on any atom is -0.332 e. The maximum absolute atomic E-state index is 10.3. The molecule has 3 aromatic rings. The Hall–Kier alpha value is -2.73. The van der Waals surface area contributed by atoms with Crippen molar-refractivity contribution in [3.63, 3.8) is 0 Å². The van der Waals surface area contributed by atoms with Gasteiger partial charge in [-0.15, -0.1) is 11.3 Å². The molecule has 1 aromatic carbocycles. The van der Waals surface area contributed by atoms with Gasteiger partial charge in [-0.1, -0.05) is 6.07 Å². The molecule has 0 atom stereocenters. The highest BCUT2D eigenvalue weighted by Crippen LogP contribution is 2.26. The van der Waals surface area contributed by atoms with Crippen molar-refractivity contribution in [2.75, 3.05) is 10.6 Å². The predicted molar refractivity (Wildman–Crippen MR) is 84.8 cm³/mol. The first-order chi connectivity index (χ1) is 10.3. The van der Waals surface area contributed by atoms with Crippen LogP contribution in [0.1, 0.15) is 0 Å². The number of hydrogen-bond donors (Lipinski definition) is 2. The van der Waals surface area contributed by atoms with E-state index >= 15 is 0 Å². The zero-order valence-corrected chi connectivity index (χ0v) is 11.8. The highest BCUT2D eigenvalue weighted by molar-refractivity contribution is 7.14. The van der Waals surface area contributed by atoms with E-state index in [9.17, 15) is 4.79 Å². The Morgan fingerprint density at radius 3 is 2.52 bits per heavy atom. The summed E-state index contributed by atoms with van der Waals surface area (Å²) in [6.07, 6.45) is 2.41. The Balaban J connectivity index is 1.74. The lowest BCUT2D eigenvalue weighted by Gasteiger charge is -2.03. The number of rotatable bonds is 5. The van der Waals surface area contributed by atoms with Crippen LogP contribution in [0.3, 0.4) is 0 Å². The summed E-state index contributed by atoms with van der Waals surface area (Å²) in [5.41, 5.74) is 3.37.